The van der Waals surface area contributed by atoms with Crippen LogP contribution in [-0.4, -0.2) is 18.0 Å². The number of hydrogen-bond donors (Lipinski definition) is 1. The molecule has 1 heterocycles. The molecule has 0 bridgehead atoms. The summed E-state index contributed by atoms with van der Waals surface area (Å²) >= 11 is 0. The molecule has 0 fully saturated rings. The van der Waals surface area contributed by atoms with Gasteiger partial charge in [-0.05, 0) is 77.4 Å². The number of nitrogens with zero attached hydrogens (tertiary/aromatic N) is 1. The monoisotopic (exact) mass is 450 g/mol. The lowest BCUT2D eigenvalue weighted by atomic mass is 9.95. The third-order valence-corrected chi connectivity index (χ3v) is 5.43. The van der Waals surface area contributed by atoms with Crippen molar-refractivity contribution >= 4 is 16.7 Å². The summed E-state index contributed by atoms with van der Waals surface area (Å²) in [6.07, 6.45) is -2.73. The average molecular weight is 450 g/mol. The van der Waals surface area contributed by atoms with E-state index in [4.69, 9.17) is 4.74 Å². The van der Waals surface area contributed by atoms with E-state index in [9.17, 15) is 18.0 Å². The molecule has 1 amide bonds. The van der Waals surface area contributed by atoms with E-state index in [0.29, 0.717) is 22.4 Å². The lowest BCUT2D eigenvalue weighted by Crippen LogP contribution is -2.27. The van der Waals surface area contributed by atoms with Crippen LogP contribution in [0.25, 0.3) is 21.9 Å². The molecular formula is C26H21F3N2O2. The molecule has 0 saturated heterocycles. The van der Waals surface area contributed by atoms with Crippen molar-refractivity contribution in [2.45, 2.75) is 19.1 Å². The minimum Gasteiger partial charge on any atom is -0.497 e. The predicted octanol–water partition coefficient (Wildman–Crippen LogP) is 6.42. The summed E-state index contributed by atoms with van der Waals surface area (Å²) in [5.74, 6) is 0.283. The summed E-state index contributed by atoms with van der Waals surface area (Å²) in [6, 6.07) is 19.0. The number of hydrogen-bond acceptors (Lipinski definition) is 3. The highest BCUT2D eigenvalue weighted by molar-refractivity contribution is 6.03. The van der Waals surface area contributed by atoms with Crippen molar-refractivity contribution < 1.29 is 22.7 Å². The van der Waals surface area contributed by atoms with Gasteiger partial charge in [0.15, 0.2) is 0 Å². The molecule has 4 nitrogen and oxygen atoms in total. The van der Waals surface area contributed by atoms with E-state index in [2.05, 4.69) is 10.3 Å². The van der Waals surface area contributed by atoms with Gasteiger partial charge in [0.2, 0.25) is 0 Å². The van der Waals surface area contributed by atoms with Gasteiger partial charge in [0, 0.05) is 11.8 Å². The van der Waals surface area contributed by atoms with Gasteiger partial charge in [-0.2, -0.15) is 13.2 Å². The van der Waals surface area contributed by atoms with Crippen LogP contribution in [0, 0.1) is 0 Å². The molecule has 4 aromatic rings. The molecule has 0 aliphatic rings. The number of pyridine rings is 1. The van der Waals surface area contributed by atoms with Crippen molar-refractivity contribution in [3.63, 3.8) is 0 Å². The van der Waals surface area contributed by atoms with Gasteiger partial charge in [-0.25, -0.2) is 0 Å². The fourth-order valence-corrected chi connectivity index (χ4v) is 3.67. The van der Waals surface area contributed by atoms with Gasteiger partial charge in [0.05, 0.1) is 24.4 Å². The van der Waals surface area contributed by atoms with Crippen molar-refractivity contribution in [3.8, 4) is 16.9 Å². The van der Waals surface area contributed by atoms with Gasteiger partial charge >= 0.3 is 6.18 Å². The standard InChI is InChI=1S/C26H21F3N2O2/c1-16(24-5-3-4-12-30-24)31-25(32)18-8-11-22-19(13-18)14-21(33-2)15-23(22)17-6-9-20(10-7-17)26(27,28)29/h3-16H,1-2H3,(H,31,32)/t16-/m0/s1. The molecule has 3 aromatic carbocycles. The highest BCUT2D eigenvalue weighted by Gasteiger charge is 2.30. The normalized spacial score (nSPS) is 12.4. The number of ether oxygens (including phenoxy) is 1. The van der Waals surface area contributed by atoms with Crippen LogP contribution in [0.2, 0.25) is 0 Å². The highest BCUT2D eigenvalue weighted by atomic mass is 19.4. The van der Waals surface area contributed by atoms with E-state index in [1.165, 1.54) is 19.2 Å². The maximum atomic E-state index is 13.0. The Morgan fingerprint density at radius 1 is 1.00 bits per heavy atom. The lowest BCUT2D eigenvalue weighted by molar-refractivity contribution is -0.137. The number of halogens is 3. The van der Waals surface area contributed by atoms with Gasteiger partial charge in [-0.3, -0.25) is 9.78 Å². The van der Waals surface area contributed by atoms with Gasteiger partial charge in [-0.1, -0.05) is 24.3 Å². The zero-order chi connectivity index (χ0) is 23.6. The van der Waals surface area contributed by atoms with Crippen LogP contribution in [0.1, 0.15) is 34.6 Å². The fourth-order valence-electron chi connectivity index (χ4n) is 3.67. The topological polar surface area (TPSA) is 51.2 Å². The van der Waals surface area contributed by atoms with Gasteiger partial charge in [0.25, 0.3) is 5.91 Å². The second-order valence-electron chi connectivity index (χ2n) is 7.64. The molecule has 0 aliphatic heterocycles. The van der Waals surface area contributed by atoms with Crippen LogP contribution >= 0.6 is 0 Å². The van der Waals surface area contributed by atoms with E-state index in [1.807, 2.05) is 25.1 Å². The Morgan fingerprint density at radius 2 is 1.76 bits per heavy atom. The highest BCUT2D eigenvalue weighted by Crippen LogP contribution is 2.36. The smallest absolute Gasteiger partial charge is 0.416 e. The molecular weight excluding hydrogens is 429 g/mol. The Hall–Kier alpha value is -3.87. The minimum atomic E-state index is -4.40. The molecule has 33 heavy (non-hydrogen) atoms. The van der Waals surface area contributed by atoms with E-state index in [-0.39, 0.29) is 11.9 Å². The molecule has 0 spiro atoms. The van der Waals surface area contributed by atoms with Crippen molar-refractivity contribution in [2.75, 3.05) is 7.11 Å². The van der Waals surface area contributed by atoms with E-state index < -0.39 is 11.7 Å². The molecule has 0 radical (unpaired) electrons. The first kappa shape index (κ1) is 22.3. The largest absolute Gasteiger partial charge is 0.497 e. The van der Waals surface area contributed by atoms with Crippen LogP contribution in [-0.2, 0) is 6.18 Å². The van der Waals surface area contributed by atoms with E-state index in [1.54, 1.807) is 36.5 Å². The second kappa shape index (κ2) is 8.94. The molecule has 0 saturated carbocycles. The molecule has 0 aliphatic carbocycles. The number of carbonyl (C=O) groups excluding carboxylic acids is 1. The van der Waals surface area contributed by atoms with Crippen LogP contribution in [0.4, 0.5) is 13.2 Å². The Bertz CT molecular complexity index is 1290. The number of carbonyl (C=O) groups is 1. The third kappa shape index (κ3) is 4.82. The van der Waals surface area contributed by atoms with Crippen LogP contribution in [0.5, 0.6) is 5.75 Å². The summed E-state index contributed by atoms with van der Waals surface area (Å²) < 4.78 is 44.2. The number of fused-ring (bicyclic) bond motifs is 1. The first-order valence-electron chi connectivity index (χ1n) is 10.3. The Kier molecular flexibility index (Phi) is 6.05. The van der Waals surface area contributed by atoms with Crippen molar-refractivity contribution in [1.29, 1.82) is 0 Å². The van der Waals surface area contributed by atoms with Crippen LogP contribution in [0.15, 0.2) is 79.0 Å². The predicted molar refractivity (Wildman–Crippen MR) is 121 cm³/mol. The van der Waals surface area contributed by atoms with Gasteiger partial charge in [-0.15, -0.1) is 0 Å². The Labute approximate surface area is 189 Å². The maximum absolute atomic E-state index is 13.0. The van der Waals surface area contributed by atoms with Gasteiger partial charge < -0.3 is 10.1 Å². The third-order valence-electron chi connectivity index (χ3n) is 5.43. The van der Waals surface area contributed by atoms with Crippen LogP contribution < -0.4 is 10.1 Å². The average Bonchev–Trinajstić information content (AvgIpc) is 2.83. The molecule has 7 heteroatoms. The molecule has 1 aromatic heterocycles. The van der Waals surface area contributed by atoms with Crippen molar-refractivity contribution in [3.05, 3.63) is 95.8 Å². The quantitative estimate of drug-likeness (QED) is 0.382. The van der Waals surface area contributed by atoms with Crippen molar-refractivity contribution in [1.82, 2.24) is 10.3 Å². The fraction of sp³-hybridized carbons (Fsp3) is 0.154. The SMILES string of the molecule is COc1cc(-c2ccc(C(F)(F)F)cc2)c2ccc(C(=O)N[C@@H](C)c3ccccn3)cc2c1. The second-order valence-corrected chi connectivity index (χ2v) is 7.64. The molecule has 0 unspecified atom stereocenters. The number of benzene rings is 3. The lowest BCUT2D eigenvalue weighted by Gasteiger charge is -2.15. The zero-order valence-corrected chi connectivity index (χ0v) is 18.0. The summed E-state index contributed by atoms with van der Waals surface area (Å²) in [5, 5.41) is 4.47. The van der Waals surface area contributed by atoms with Crippen molar-refractivity contribution in [2.24, 2.45) is 0 Å². The first-order valence-corrected chi connectivity index (χ1v) is 10.3. The van der Waals surface area contributed by atoms with E-state index in [0.717, 1.165) is 28.6 Å². The maximum Gasteiger partial charge on any atom is 0.416 e. The summed E-state index contributed by atoms with van der Waals surface area (Å²) in [5.41, 5.74) is 1.83. The number of methoxy groups -OCH3 is 1. The minimum absolute atomic E-state index is 0.256. The number of nitrogens with one attached hydrogen (secondary N) is 1. The summed E-state index contributed by atoms with van der Waals surface area (Å²) in [7, 11) is 1.52. The van der Waals surface area contributed by atoms with Gasteiger partial charge in [0.1, 0.15) is 5.75 Å². The molecule has 4 rings (SSSR count). The molecule has 1 N–H and O–H groups in total. The van der Waals surface area contributed by atoms with Crippen LogP contribution in [0.3, 0.4) is 0 Å². The Morgan fingerprint density at radius 3 is 2.39 bits per heavy atom. The molecule has 168 valence electrons. The summed E-state index contributed by atoms with van der Waals surface area (Å²) in [4.78, 5) is 17.1. The molecule has 1 atom stereocenters. The number of rotatable bonds is 5. The number of amides is 1. The number of alkyl halides is 3. The number of aromatic nitrogens is 1. The van der Waals surface area contributed by atoms with E-state index >= 15 is 0 Å². The summed E-state index contributed by atoms with van der Waals surface area (Å²) in [6.45, 7) is 1.85. The zero-order valence-electron chi connectivity index (χ0n) is 18.0. The Balaban J connectivity index is 1.69. The first-order chi connectivity index (χ1) is 15.8.